The van der Waals surface area contributed by atoms with Crippen LogP contribution in [0, 0.1) is 0 Å². The lowest BCUT2D eigenvalue weighted by molar-refractivity contribution is -0.132. The Labute approximate surface area is 130 Å². The SMILES string of the molecule is CC(C(=O)O)=C(CC(C)O)c1ccccc1-c1ccccc1. The molecule has 0 amide bonds. The standard InChI is InChI=1S/C19H20O3/c1-13(20)12-18(14(2)19(21)22)17-11-7-6-10-16(17)15-8-4-3-5-9-15/h3-11,13,20H,12H2,1-2H3,(H,21,22). The molecule has 0 bridgehead atoms. The summed E-state index contributed by atoms with van der Waals surface area (Å²) in [5, 5.41) is 19.1. The molecule has 2 aromatic rings. The minimum absolute atomic E-state index is 0.268. The number of carboxylic acids is 1. The van der Waals surface area contributed by atoms with Crippen molar-refractivity contribution in [2.75, 3.05) is 0 Å². The van der Waals surface area contributed by atoms with Crippen LogP contribution in [0.1, 0.15) is 25.8 Å². The lowest BCUT2D eigenvalue weighted by atomic mass is 9.89. The molecule has 2 N–H and O–H groups in total. The minimum atomic E-state index is -0.960. The average molecular weight is 296 g/mol. The van der Waals surface area contributed by atoms with Crippen molar-refractivity contribution in [3.05, 3.63) is 65.7 Å². The summed E-state index contributed by atoms with van der Waals surface area (Å²) in [6.45, 7) is 3.25. The molecule has 1 atom stereocenters. The second-order valence-corrected chi connectivity index (χ2v) is 5.37. The Balaban J connectivity index is 2.64. The Morgan fingerprint density at radius 1 is 1.05 bits per heavy atom. The van der Waals surface area contributed by atoms with Crippen LogP contribution in [0.25, 0.3) is 16.7 Å². The highest BCUT2D eigenvalue weighted by molar-refractivity contribution is 5.98. The molecule has 0 heterocycles. The van der Waals surface area contributed by atoms with Gasteiger partial charge in [-0.2, -0.15) is 0 Å². The first kappa shape index (κ1) is 16.0. The topological polar surface area (TPSA) is 57.5 Å². The molecule has 0 radical (unpaired) electrons. The van der Waals surface area contributed by atoms with Gasteiger partial charge in [0.2, 0.25) is 0 Å². The lowest BCUT2D eigenvalue weighted by Crippen LogP contribution is -2.08. The maximum absolute atomic E-state index is 11.4. The van der Waals surface area contributed by atoms with Gasteiger partial charge in [-0.1, -0.05) is 54.6 Å². The van der Waals surface area contributed by atoms with Gasteiger partial charge in [-0.05, 0) is 42.5 Å². The van der Waals surface area contributed by atoms with Gasteiger partial charge in [0.25, 0.3) is 0 Å². The predicted octanol–water partition coefficient (Wildman–Crippen LogP) is 3.98. The quantitative estimate of drug-likeness (QED) is 0.820. The molecule has 2 rings (SSSR count). The molecule has 1 unspecified atom stereocenters. The van der Waals surface area contributed by atoms with Gasteiger partial charge >= 0.3 is 5.97 Å². The molecule has 3 nitrogen and oxygen atoms in total. The maximum Gasteiger partial charge on any atom is 0.331 e. The van der Waals surface area contributed by atoms with Crippen LogP contribution in [0.15, 0.2) is 60.2 Å². The molecule has 114 valence electrons. The van der Waals surface area contributed by atoms with Crippen LogP contribution in [0.5, 0.6) is 0 Å². The zero-order valence-electron chi connectivity index (χ0n) is 12.8. The normalized spacial score (nSPS) is 13.4. The zero-order valence-corrected chi connectivity index (χ0v) is 12.8. The van der Waals surface area contributed by atoms with Crippen LogP contribution >= 0.6 is 0 Å². The molecule has 0 aliphatic rings. The van der Waals surface area contributed by atoms with E-state index in [9.17, 15) is 15.0 Å². The Kier molecular flexibility index (Phi) is 5.12. The molecule has 0 saturated carbocycles. The Morgan fingerprint density at radius 2 is 1.64 bits per heavy atom. The first-order chi connectivity index (χ1) is 10.5. The van der Waals surface area contributed by atoms with Gasteiger partial charge in [0.1, 0.15) is 0 Å². The van der Waals surface area contributed by atoms with Gasteiger partial charge in [-0.15, -0.1) is 0 Å². The van der Waals surface area contributed by atoms with Crippen molar-refractivity contribution in [3.8, 4) is 11.1 Å². The summed E-state index contributed by atoms with van der Waals surface area (Å²) >= 11 is 0. The fraction of sp³-hybridized carbons (Fsp3) is 0.211. The van der Waals surface area contributed by atoms with E-state index < -0.39 is 12.1 Å². The summed E-state index contributed by atoms with van der Waals surface area (Å²) in [5.41, 5.74) is 3.79. The van der Waals surface area contributed by atoms with Crippen molar-refractivity contribution >= 4 is 11.5 Å². The zero-order chi connectivity index (χ0) is 16.1. The summed E-state index contributed by atoms with van der Waals surface area (Å²) in [6, 6.07) is 17.5. The predicted molar refractivity (Wildman–Crippen MR) is 88.4 cm³/mol. The van der Waals surface area contributed by atoms with E-state index in [0.29, 0.717) is 12.0 Å². The number of hydrogen-bond acceptors (Lipinski definition) is 2. The summed E-state index contributed by atoms with van der Waals surface area (Å²) in [6.07, 6.45) is -0.296. The number of hydrogen-bond donors (Lipinski definition) is 2. The number of carbonyl (C=O) groups is 1. The highest BCUT2D eigenvalue weighted by Gasteiger charge is 2.17. The number of aliphatic carboxylic acids is 1. The molecule has 0 aliphatic carbocycles. The first-order valence-corrected chi connectivity index (χ1v) is 7.26. The van der Waals surface area contributed by atoms with Gasteiger partial charge in [0, 0.05) is 5.57 Å². The monoisotopic (exact) mass is 296 g/mol. The largest absolute Gasteiger partial charge is 0.478 e. The molecular formula is C19H20O3. The van der Waals surface area contributed by atoms with Crippen LogP contribution in [0.2, 0.25) is 0 Å². The van der Waals surface area contributed by atoms with Crippen molar-refractivity contribution in [1.29, 1.82) is 0 Å². The van der Waals surface area contributed by atoms with Crippen molar-refractivity contribution in [3.63, 3.8) is 0 Å². The van der Waals surface area contributed by atoms with Gasteiger partial charge in [-0.25, -0.2) is 4.79 Å². The van der Waals surface area contributed by atoms with E-state index in [0.717, 1.165) is 16.7 Å². The fourth-order valence-electron chi connectivity index (χ4n) is 2.51. The fourth-order valence-corrected chi connectivity index (χ4v) is 2.51. The van der Waals surface area contributed by atoms with E-state index in [1.165, 1.54) is 0 Å². The van der Waals surface area contributed by atoms with Gasteiger partial charge in [0.05, 0.1) is 6.10 Å². The van der Waals surface area contributed by atoms with Crippen LogP contribution in [-0.4, -0.2) is 22.3 Å². The molecule has 0 aromatic heterocycles. The number of aliphatic hydroxyl groups excluding tert-OH is 1. The molecule has 2 aromatic carbocycles. The van der Waals surface area contributed by atoms with Gasteiger partial charge in [0.15, 0.2) is 0 Å². The van der Waals surface area contributed by atoms with Crippen molar-refractivity contribution in [2.45, 2.75) is 26.4 Å². The minimum Gasteiger partial charge on any atom is -0.478 e. The van der Waals surface area contributed by atoms with Gasteiger partial charge < -0.3 is 10.2 Å². The summed E-state index contributed by atoms with van der Waals surface area (Å²) in [7, 11) is 0. The third-order valence-electron chi connectivity index (χ3n) is 3.61. The average Bonchev–Trinajstić information content (AvgIpc) is 2.52. The van der Waals surface area contributed by atoms with Crippen molar-refractivity contribution in [2.24, 2.45) is 0 Å². The number of carboxylic acid groups (broad SMARTS) is 1. The molecule has 3 heteroatoms. The molecule has 0 fully saturated rings. The van der Waals surface area contributed by atoms with Crippen molar-refractivity contribution < 1.29 is 15.0 Å². The van der Waals surface area contributed by atoms with Crippen LogP contribution in [-0.2, 0) is 4.79 Å². The Bertz CT molecular complexity index is 685. The van der Waals surface area contributed by atoms with E-state index in [1.807, 2.05) is 54.6 Å². The van der Waals surface area contributed by atoms with E-state index in [-0.39, 0.29) is 5.57 Å². The Hall–Kier alpha value is -2.39. The molecule has 0 aliphatic heterocycles. The molecule has 22 heavy (non-hydrogen) atoms. The van der Waals surface area contributed by atoms with E-state index in [1.54, 1.807) is 13.8 Å². The van der Waals surface area contributed by atoms with Crippen molar-refractivity contribution in [1.82, 2.24) is 0 Å². The first-order valence-electron chi connectivity index (χ1n) is 7.26. The molecular weight excluding hydrogens is 276 g/mol. The maximum atomic E-state index is 11.4. The third-order valence-corrected chi connectivity index (χ3v) is 3.61. The van der Waals surface area contributed by atoms with Gasteiger partial charge in [-0.3, -0.25) is 0 Å². The second-order valence-electron chi connectivity index (χ2n) is 5.37. The van der Waals surface area contributed by atoms with Crippen LogP contribution in [0.4, 0.5) is 0 Å². The highest BCUT2D eigenvalue weighted by Crippen LogP contribution is 2.33. The molecule has 0 saturated heterocycles. The van der Waals surface area contributed by atoms with E-state index in [2.05, 4.69) is 0 Å². The smallest absolute Gasteiger partial charge is 0.331 e. The van der Waals surface area contributed by atoms with Crippen LogP contribution < -0.4 is 0 Å². The number of rotatable bonds is 5. The summed E-state index contributed by atoms with van der Waals surface area (Å²) < 4.78 is 0. The molecule has 0 spiro atoms. The second kappa shape index (κ2) is 7.05. The van der Waals surface area contributed by atoms with Crippen LogP contribution in [0.3, 0.4) is 0 Å². The highest BCUT2D eigenvalue weighted by atomic mass is 16.4. The van der Waals surface area contributed by atoms with E-state index in [4.69, 9.17) is 0 Å². The number of benzene rings is 2. The summed E-state index contributed by atoms with van der Waals surface area (Å²) in [5.74, 6) is -0.960. The van der Waals surface area contributed by atoms with E-state index >= 15 is 0 Å². The Morgan fingerprint density at radius 3 is 2.23 bits per heavy atom. The number of aliphatic hydroxyl groups is 1. The lowest BCUT2D eigenvalue weighted by Gasteiger charge is -2.16. The third kappa shape index (κ3) is 3.62. The summed E-state index contributed by atoms with van der Waals surface area (Å²) in [4.78, 5) is 11.4.